The van der Waals surface area contributed by atoms with E-state index in [2.05, 4.69) is 6.92 Å². The predicted octanol–water partition coefficient (Wildman–Crippen LogP) is 1.18. The van der Waals surface area contributed by atoms with Gasteiger partial charge in [-0.25, -0.2) is 0 Å². The van der Waals surface area contributed by atoms with E-state index in [-0.39, 0.29) is 12.3 Å². The lowest BCUT2D eigenvalue weighted by atomic mass is 10.2. The van der Waals surface area contributed by atoms with Crippen molar-refractivity contribution in [1.82, 2.24) is 9.47 Å². The number of pyridine rings is 1. The van der Waals surface area contributed by atoms with Gasteiger partial charge in [-0.3, -0.25) is 9.59 Å². The van der Waals surface area contributed by atoms with Crippen LogP contribution in [-0.2, 0) is 17.9 Å². The van der Waals surface area contributed by atoms with E-state index in [9.17, 15) is 14.7 Å². The average Bonchev–Trinajstić information content (AvgIpc) is 2.37. The monoisotopic (exact) mass is 282 g/mol. The van der Waals surface area contributed by atoms with Gasteiger partial charge in [-0.1, -0.05) is 13.3 Å². The number of hydrogen-bond donors (Lipinski definition) is 2. The maximum atomic E-state index is 11.7. The van der Waals surface area contributed by atoms with Gasteiger partial charge in [-0.2, -0.15) is 0 Å². The van der Waals surface area contributed by atoms with Crippen LogP contribution in [0.15, 0.2) is 10.9 Å². The molecule has 0 aliphatic carbocycles. The third kappa shape index (κ3) is 4.09. The van der Waals surface area contributed by atoms with Gasteiger partial charge in [0, 0.05) is 18.3 Å². The number of aromatic hydroxyl groups is 1. The Hall–Kier alpha value is -1.82. The SMILES string of the molecule is CCCCN(C)Cc1c(O)c(=O)cc(C)n1CC(=O)O. The van der Waals surface area contributed by atoms with Crippen molar-refractivity contribution < 1.29 is 15.0 Å². The summed E-state index contributed by atoms with van der Waals surface area (Å²) in [7, 11) is 1.88. The Balaban J connectivity index is 3.13. The molecule has 2 N–H and O–H groups in total. The summed E-state index contributed by atoms with van der Waals surface area (Å²) in [5.74, 6) is -1.37. The molecule has 1 aromatic rings. The van der Waals surface area contributed by atoms with Gasteiger partial charge >= 0.3 is 5.97 Å². The molecule has 0 saturated heterocycles. The van der Waals surface area contributed by atoms with E-state index in [1.54, 1.807) is 6.92 Å². The van der Waals surface area contributed by atoms with Crippen LogP contribution >= 0.6 is 0 Å². The second kappa shape index (κ2) is 7.09. The summed E-state index contributed by atoms with van der Waals surface area (Å²) in [6.07, 6.45) is 2.05. The Labute approximate surface area is 118 Å². The topological polar surface area (TPSA) is 82.8 Å². The van der Waals surface area contributed by atoms with Crippen LogP contribution in [-0.4, -0.2) is 39.2 Å². The normalized spacial score (nSPS) is 11.0. The highest BCUT2D eigenvalue weighted by Crippen LogP contribution is 2.16. The van der Waals surface area contributed by atoms with Gasteiger partial charge in [-0.05, 0) is 26.9 Å². The minimum absolute atomic E-state index is 0.267. The standard InChI is InChI=1S/C14H22N2O4/c1-4-5-6-15(3)8-11-14(20)12(17)7-10(2)16(11)9-13(18)19/h7,20H,4-6,8-9H2,1-3H3,(H,18,19). The Bertz CT molecular complexity index is 537. The molecular weight excluding hydrogens is 260 g/mol. The largest absolute Gasteiger partial charge is 0.503 e. The number of carboxylic acid groups (broad SMARTS) is 1. The van der Waals surface area contributed by atoms with Crippen LogP contribution in [0.2, 0.25) is 0 Å². The van der Waals surface area contributed by atoms with Crippen molar-refractivity contribution in [2.24, 2.45) is 0 Å². The summed E-state index contributed by atoms with van der Waals surface area (Å²) in [6, 6.07) is 1.26. The summed E-state index contributed by atoms with van der Waals surface area (Å²) in [5.41, 5.74) is 0.424. The molecule has 6 nitrogen and oxygen atoms in total. The Morgan fingerprint density at radius 2 is 2.10 bits per heavy atom. The third-order valence-corrected chi connectivity index (χ3v) is 3.20. The molecule has 0 aliphatic heterocycles. The highest BCUT2D eigenvalue weighted by molar-refractivity contribution is 5.67. The number of aromatic nitrogens is 1. The van der Waals surface area contributed by atoms with Gasteiger partial charge < -0.3 is 19.7 Å². The molecule has 1 aromatic heterocycles. The van der Waals surface area contributed by atoms with Crippen LogP contribution in [0.1, 0.15) is 31.2 Å². The van der Waals surface area contributed by atoms with Gasteiger partial charge in [0.1, 0.15) is 6.54 Å². The molecule has 0 amide bonds. The molecule has 0 radical (unpaired) electrons. The molecule has 112 valence electrons. The summed E-state index contributed by atoms with van der Waals surface area (Å²) in [5, 5.41) is 18.9. The van der Waals surface area contributed by atoms with E-state index in [4.69, 9.17) is 5.11 Å². The fourth-order valence-electron chi connectivity index (χ4n) is 2.10. The van der Waals surface area contributed by atoms with Gasteiger partial charge in [-0.15, -0.1) is 0 Å². The second-order valence-corrected chi connectivity index (χ2v) is 5.02. The van der Waals surface area contributed by atoms with Crippen molar-refractivity contribution in [3.8, 4) is 5.75 Å². The van der Waals surface area contributed by atoms with Crippen molar-refractivity contribution in [3.63, 3.8) is 0 Å². The maximum Gasteiger partial charge on any atom is 0.323 e. The van der Waals surface area contributed by atoms with E-state index < -0.39 is 11.4 Å². The number of nitrogens with zero attached hydrogens (tertiary/aromatic N) is 2. The van der Waals surface area contributed by atoms with Gasteiger partial charge in [0.2, 0.25) is 5.43 Å². The molecule has 20 heavy (non-hydrogen) atoms. The summed E-state index contributed by atoms with van der Waals surface area (Å²) < 4.78 is 1.47. The molecule has 0 bridgehead atoms. The van der Waals surface area contributed by atoms with Crippen LogP contribution in [0.4, 0.5) is 0 Å². The Kier molecular flexibility index (Phi) is 5.76. The van der Waals surface area contributed by atoms with Crippen molar-refractivity contribution in [1.29, 1.82) is 0 Å². The molecule has 0 aliphatic rings. The Morgan fingerprint density at radius 3 is 2.65 bits per heavy atom. The summed E-state index contributed by atoms with van der Waals surface area (Å²) >= 11 is 0. The van der Waals surface area contributed by atoms with E-state index in [0.717, 1.165) is 19.4 Å². The number of aliphatic carboxylic acids is 1. The zero-order valence-electron chi connectivity index (χ0n) is 12.2. The van der Waals surface area contributed by atoms with Crippen molar-refractivity contribution >= 4 is 5.97 Å². The molecule has 6 heteroatoms. The van der Waals surface area contributed by atoms with Crippen LogP contribution in [0, 0.1) is 6.92 Å². The minimum Gasteiger partial charge on any atom is -0.503 e. The minimum atomic E-state index is -1.01. The van der Waals surface area contributed by atoms with Crippen LogP contribution in [0.3, 0.4) is 0 Å². The van der Waals surface area contributed by atoms with E-state index in [1.165, 1.54) is 10.6 Å². The lowest BCUT2D eigenvalue weighted by molar-refractivity contribution is -0.137. The predicted molar refractivity (Wildman–Crippen MR) is 76.0 cm³/mol. The molecular formula is C14H22N2O4. The third-order valence-electron chi connectivity index (χ3n) is 3.20. The molecule has 0 saturated carbocycles. The first-order valence-electron chi connectivity index (χ1n) is 6.69. The molecule has 0 unspecified atom stereocenters. The summed E-state index contributed by atoms with van der Waals surface area (Å²) in [4.78, 5) is 24.6. The van der Waals surface area contributed by atoms with Crippen LogP contribution in [0.25, 0.3) is 0 Å². The molecule has 0 fully saturated rings. The zero-order chi connectivity index (χ0) is 15.3. The van der Waals surface area contributed by atoms with Crippen molar-refractivity contribution in [3.05, 3.63) is 27.7 Å². The highest BCUT2D eigenvalue weighted by atomic mass is 16.4. The van der Waals surface area contributed by atoms with E-state index in [1.807, 2.05) is 11.9 Å². The second-order valence-electron chi connectivity index (χ2n) is 5.02. The lowest BCUT2D eigenvalue weighted by Crippen LogP contribution is -2.26. The summed E-state index contributed by atoms with van der Waals surface area (Å²) in [6.45, 7) is 4.65. The fourth-order valence-corrected chi connectivity index (χ4v) is 2.10. The molecule has 1 rings (SSSR count). The van der Waals surface area contributed by atoms with E-state index >= 15 is 0 Å². The van der Waals surface area contributed by atoms with Gasteiger partial charge in [0.15, 0.2) is 5.75 Å². The number of hydrogen-bond acceptors (Lipinski definition) is 4. The number of carbonyl (C=O) groups is 1. The van der Waals surface area contributed by atoms with Crippen LogP contribution < -0.4 is 5.43 Å². The highest BCUT2D eigenvalue weighted by Gasteiger charge is 2.16. The first-order valence-corrected chi connectivity index (χ1v) is 6.69. The molecule has 0 spiro atoms. The van der Waals surface area contributed by atoms with Crippen molar-refractivity contribution in [2.75, 3.05) is 13.6 Å². The molecule has 1 heterocycles. The van der Waals surface area contributed by atoms with Crippen molar-refractivity contribution in [2.45, 2.75) is 39.8 Å². The van der Waals surface area contributed by atoms with Crippen LogP contribution in [0.5, 0.6) is 5.75 Å². The molecule has 0 aromatic carbocycles. The average molecular weight is 282 g/mol. The number of carboxylic acids is 1. The number of rotatable bonds is 7. The number of unbranched alkanes of at least 4 members (excludes halogenated alkanes) is 1. The zero-order valence-corrected chi connectivity index (χ0v) is 12.2. The van der Waals surface area contributed by atoms with E-state index in [0.29, 0.717) is 17.9 Å². The smallest absolute Gasteiger partial charge is 0.323 e. The van der Waals surface area contributed by atoms with Gasteiger partial charge in [0.25, 0.3) is 0 Å². The first kappa shape index (κ1) is 16.2. The maximum absolute atomic E-state index is 11.7. The fraction of sp³-hybridized carbons (Fsp3) is 0.571. The Morgan fingerprint density at radius 1 is 1.45 bits per heavy atom. The molecule has 0 atom stereocenters. The quantitative estimate of drug-likeness (QED) is 0.784. The van der Waals surface area contributed by atoms with Gasteiger partial charge in [0.05, 0.1) is 5.69 Å². The lowest BCUT2D eigenvalue weighted by Gasteiger charge is -2.21. The first-order chi connectivity index (χ1) is 9.36. The number of aryl methyl sites for hydroxylation is 1.